The number of nitrogen functional groups attached to an aromatic ring is 1. The SMILES string of the molecule is Cc1c(N)cccc1S(=O)CC(F)(F)c1ccccc1. The number of halogens is 2. The highest BCUT2D eigenvalue weighted by molar-refractivity contribution is 7.85. The minimum absolute atomic E-state index is 0.130. The Kier molecular flexibility index (Phi) is 4.18. The summed E-state index contributed by atoms with van der Waals surface area (Å²) in [6, 6.07) is 12.3. The number of hydrogen-bond donors (Lipinski definition) is 1. The van der Waals surface area contributed by atoms with Crippen LogP contribution in [0.2, 0.25) is 0 Å². The van der Waals surface area contributed by atoms with Crippen molar-refractivity contribution in [2.75, 3.05) is 11.5 Å². The highest BCUT2D eigenvalue weighted by Crippen LogP contribution is 2.31. The highest BCUT2D eigenvalue weighted by atomic mass is 32.2. The molecule has 2 rings (SSSR count). The number of hydrogen-bond acceptors (Lipinski definition) is 2. The number of alkyl halides is 2. The molecule has 0 spiro atoms. The van der Waals surface area contributed by atoms with Crippen molar-refractivity contribution in [3.05, 3.63) is 59.7 Å². The zero-order valence-corrected chi connectivity index (χ0v) is 11.8. The summed E-state index contributed by atoms with van der Waals surface area (Å²) in [6.45, 7) is 1.68. The highest BCUT2D eigenvalue weighted by Gasteiger charge is 2.34. The van der Waals surface area contributed by atoms with Crippen LogP contribution in [0.25, 0.3) is 0 Å². The van der Waals surface area contributed by atoms with Crippen molar-refractivity contribution >= 4 is 16.5 Å². The van der Waals surface area contributed by atoms with Gasteiger partial charge in [0.2, 0.25) is 0 Å². The Morgan fingerprint density at radius 2 is 1.75 bits per heavy atom. The van der Waals surface area contributed by atoms with Crippen LogP contribution in [-0.2, 0) is 16.7 Å². The van der Waals surface area contributed by atoms with Gasteiger partial charge in [-0.3, -0.25) is 4.21 Å². The van der Waals surface area contributed by atoms with Crippen molar-refractivity contribution in [2.45, 2.75) is 17.7 Å². The van der Waals surface area contributed by atoms with Gasteiger partial charge in [0.25, 0.3) is 5.92 Å². The lowest BCUT2D eigenvalue weighted by Gasteiger charge is -2.17. The molecule has 0 bridgehead atoms. The average molecular weight is 295 g/mol. The fourth-order valence-electron chi connectivity index (χ4n) is 1.89. The third-order valence-electron chi connectivity index (χ3n) is 3.08. The maximum absolute atomic E-state index is 14.1. The Morgan fingerprint density at radius 1 is 1.10 bits per heavy atom. The number of rotatable bonds is 4. The number of anilines is 1. The Bertz CT molecular complexity index is 629. The third kappa shape index (κ3) is 3.04. The lowest BCUT2D eigenvalue weighted by molar-refractivity contribution is 0.0222. The van der Waals surface area contributed by atoms with Crippen LogP contribution in [-0.4, -0.2) is 9.96 Å². The van der Waals surface area contributed by atoms with Gasteiger partial charge in [0.1, 0.15) is 0 Å². The lowest BCUT2D eigenvalue weighted by atomic mass is 10.1. The van der Waals surface area contributed by atoms with Crippen LogP contribution in [0.15, 0.2) is 53.4 Å². The van der Waals surface area contributed by atoms with Gasteiger partial charge in [-0.2, -0.15) is 0 Å². The molecule has 2 N–H and O–H groups in total. The van der Waals surface area contributed by atoms with Crippen LogP contribution < -0.4 is 5.73 Å². The monoisotopic (exact) mass is 295 g/mol. The Balaban J connectivity index is 2.25. The van der Waals surface area contributed by atoms with Crippen molar-refractivity contribution in [1.82, 2.24) is 0 Å². The van der Waals surface area contributed by atoms with E-state index in [1.807, 2.05) is 0 Å². The fourth-order valence-corrected chi connectivity index (χ4v) is 3.23. The van der Waals surface area contributed by atoms with Crippen LogP contribution in [0.5, 0.6) is 0 Å². The van der Waals surface area contributed by atoms with Gasteiger partial charge in [0.05, 0.1) is 16.6 Å². The molecule has 1 unspecified atom stereocenters. The number of nitrogens with two attached hydrogens (primary N) is 1. The van der Waals surface area contributed by atoms with E-state index in [0.29, 0.717) is 16.1 Å². The molecule has 5 heteroatoms. The predicted octanol–water partition coefficient (Wildman–Crippen LogP) is 3.48. The first-order valence-corrected chi connectivity index (χ1v) is 7.40. The van der Waals surface area contributed by atoms with Gasteiger partial charge < -0.3 is 5.73 Å². The molecule has 1 atom stereocenters. The van der Waals surface area contributed by atoms with Gasteiger partial charge in [0.15, 0.2) is 0 Å². The molecule has 2 aromatic rings. The molecule has 20 heavy (non-hydrogen) atoms. The van der Waals surface area contributed by atoms with E-state index in [1.54, 1.807) is 31.2 Å². The molecule has 0 amide bonds. The zero-order valence-electron chi connectivity index (χ0n) is 11.0. The minimum atomic E-state index is -3.14. The molecule has 0 aliphatic rings. The van der Waals surface area contributed by atoms with Gasteiger partial charge >= 0.3 is 0 Å². The quantitative estimate of drug-likeness (QED) is 0.878. The van der Waals surface area contributed by atoms with Gasteiger partial charge in [-0.15, -0.1) is 0 Å². The molecule has 0 radical (unpaired) electrons. The summed E-state index contributed by atoms with van der Waals surface area (Å²) in [6.07, 6.45) is 0. The van der Waals surface area contributed by atoms with Gasteiger partial charge in [-0.05, 0) is 24.6 Å². The Hall–Kier alpha value is -1.75. The van der Waals surface area contributed by atoms with E-state index >= 15 is 0 Å². The first-order valence-electron chi connectivity index (χ1n) is 6.08. The van der Waals surface area contributed by atoms with Crippen LogP contribution in [0.3, 0.4) is 0 Å². The van der Waals surface area contributed by atoms with E-state index in [1.165, 1.54) is 24.3 Å². The Morgan fingerprint density at radius 3 is 2.40 bits per heavy atom. The predicted molar refractivity (Wildman–Crippen MR) is 77.2 cm³/mol. The van der Waals surface area contributed by atoms with E-state index in [4.69, 9.17) is 5.73 Å². The minimum Gasteiger partial charge on any atom is -0.398 e. The summed E-state index contributed by atoms with van der Waals surface area (Å²) >= 11 is 0. The molecule has 0 saturated heterocycles. The van der Waals surface area contributed by atoms with Crippen molar-refractivity contribution < 1.29 is 13.0 Å². The molecule has 0 saturated carbocycles. The van der Waals surface area contributed by atoms with E-state index in [0.717, 1.165) is 0 Å². The van der Waals surface area contributed by atoms with Crippen molar-refractivity contribution in [2.24, 2.45) is 0 Å². The largest absolute Gasteiger partial charge is 0.398 e. The second-order valence-electron chi connectivity index (χ2n) is 4.53. The summed E-state index contributed by atoms with van der Waals surface area (Å²) in [7, 11) is -1.81. The van der Waals surface area contributed by atoms with E-state index in [9.17, 15) is 13.0 Å². The maximum atomic E-state index is 14.1. The molecule has 0 heterocycles. The van der Waals surface area contributed by atoms with Crippen molar-refractivity contribution in [1.29, 1.82) is 0 Å². The molecule has 0 fully saturated rings. The molecular formula is C15H15F2NOS. The topological polar surface area (TPSA) is 43.1 Å². The molecule has 2 aromatic carbocycles. The summed E-state index contributed by atoms with van der Waals surface area (Å²) < 4.78 is 40.4. The molecule has 0 aliphatic carbocycles. The summed E-state index contributed by atoms with van der Waals surface area (Å²) in [5, 5.41) is 0. The zero-order chi connectivity index (χ0) is 14.8. The first-order chi connectivity index (χ1) is 9.42. The van der Waals surface area contributed by atoms with Gasteiger partial charge in [0, 0.05) is 16.1 Å². The van der Waals surface area contributed by atoms with Gasteiger partial charge in [-0.1, -0.05) is 36.4 Å². The second kappa shape index (κ2) is 5.71. The maximum Gasteiger partial charge on any atom is 0.284 e. The normalized spacial score (nSPS) is 13.2. The lowest BCUT2D eigenvalue weighted by Crippen LogP contribution is -2.22. The second-order valence-corrected chi connectivity index (χ2v) is 5.95. The standard InChI is InChI=1S/C15H15F2NOS/c1-11-13(18)8-5-9-14(11)20(19)10-15(16,17)12-6-3-2-4-7-12/h2-9H,10,18H2,1H3. The number of benzene rings is 2. The van der Waals surface area contributed by atoms with Crippen LogP contribution >= 0.6 is 0 Å². The molecule has 106 valence electrons. The van der Waals surface area contributed by atoms with Crippen LogP contribution in [0, 0.1) is 6.92 Å². The molecule has 0 aliphatic heterocycles. The molecule has 2 nitrogen and oxygen atoms in total. The van der Waals surface area contributed by atoms with E-state index in [-0.39, 0.29) is 5.56 Å². The van der Waals surface area contributed by atoms with Crippen molar-refractivity contribution in [3.63, 3.8) is 0 Å². The van der Waals surface area contributed by atoms with E-state index < -0.39 is 22.5 Å². The van der Waals surface area contributed by atoms with Crippen molar-refractivity contribution in [3.8, 4) is 0 Å². The first kappa shape index (κ1) is 14.7. The fraction of sp³-hybridized carbons (Fsp3) is 0.200. The van der Waals surface area contributed by atoms with Crippen LogP contribution in [0.4, 0.5) is 14.5 Å². The third-order valence-corrected chi connectivity index (χ3v) is 4.64. The van der Waals surface area contributed by atoms with E-state index in [2.05, 4.69) is 0 Å². The summed E-state index contributed by atoms with van der Waals surface area (Å²) in [5.41, 5.74) is 6.63. The van der Waals surface area contributed by atoms with Gasteiger partial charge in [-0.25, -0.2) is 8.78 Å². The summed E-state index contributed by atoms with van der Waals surface area (Å²) in [5.74, 6) is -3.88. The molecular weight excluding hydrogens is 280 g/mol. The average Bonchev–Trinajstić information content (AvgIpc) is 2.42. The Labute approximate surface area is 119 Å². The molecule has 0 aromatic heterocycles. The smallest absolute Gasteiger partial charge is 0.284 e. The summed E-state index contributed by atoms with van der Waals surface area (Å²) in [4.78, 5) is 0.362. The van der Waals surface area contributed by atoms with Crippen LogP contribution in [0.1, 0.15) is 11.1 Å².